The van der Waals surface area contributed by atoms with E-state index in [0.717, 1.165) is 19.3 Å². The minimum atomic E-state index is -0.164. The first-order valence-corrected chi connectivity index (χ1v) is 7.47. The van der Waals surface area contributed by atoms with Gasteiger partial charge in [0.25, 0.3) is 5.91 Å². The molecule has 0 aromatic heterocycles. The number of hydrogen-bond donors (Lipinski definition) is 3. The monoisotopic (exact) mass is 291 g/mol. The van der Waals surface area contributed by atoms with Crippen molar-refractivity contribution in [3.8, 4) is 0 Å². The van der Waals surface area contributed by atoms with Crippen LogP contribution in [-0.4, -0.2) is 24.4 Å². The van der Waals surface area contributed by atoms with Crippen molar-refractivity contribution in [2.75, 3.05) is 11.9 Å². The van der Waals surface area contributed by atoms with Crippen molar-refractivity contribution in [1.29, 1.82) is 0 Å². The Hall–Kier alpha value is -1.88. The van der Waals surface area contributed by atoms with E-state index in [2.05, 4.69) is 10.6 Å². The Morgan fingerprint density at radius 2 is 2.00 bits per heavy atom. The third-order valence-electron chi connectivity index (χ3n) is 3.04. The molecule has 0 aliphatic carbocycles. The molecule has 0 saturated carbocycles. The van der Waals surface area contributed by atoms with Crippen LogP contribution in [0.4, 0.5) is 5.69 Å². The molecule has 0 aliphatic heterocycles. The first-order valence-electron chi connectivity index (χ1n) is 7.47. The van der Waals surface area contributed by atoms with Gasteiger partial charge in [-0.1, -0.05) is 19.1 Å². The van der Waals surface area contributed by atoms with E-state index in [4.69, 9.17) is 5.73 Å². The standard InChI is InChI=1S/C16H25N3O2/c1-3-11-18-16(21)13-8-4-5-9-14(13)19-15(20)10-6-7-12(2)17/h4-5,8-9,12H,3,6-7,10-11,17H2,1-2H3,(H,18,21)(H,19,20). The first-order chi connectivity index (χ1) is 10.0. The number of hydrogen-bond acceptors (Lipinski definition) is 3. The number of para-hydroxylation sites is 1. The topological polar surface area (TPSA) is 84.2 Å². The van der Waals surface area contributed by atoms with E-state index in [-0.39, 0.29) is 17.9 Å². The second-order valence-corrected chi connectivity index (χ2v) is 5.22. The molecule has 0 heterocycles. The number of anilines is 1. The number of nitrogens with two attached hydrogens (primary N) is 1. The van der Waals surface area contributed by atoms with Crippen LogP contribution in [0.2, 0.25) is 0 Å². The largest absolute Gasteiger partial charge is 0.352 e. The lowest BCUT2D eigenvalue weighted by atomic mass is 10.1. The molecule has 21 heavy (non-hydrogen) atoms. The zero-order chi connectivity index (χ0) is 15.7. The van der Waals surface area contributed by atoms with E-state index in [0.29, 0.717) is 24.2 Å². The van der Waals surface area contributed by atoms with Crippen molar-refractivity contribution in [2.45, 2.75) is 45.6 Å². The van der Waals surface area contributed by atoms with E-state index in [1.165, 1.54) is 0 Å². The smallest absolute Gasteiger partial charge is 0.253 e. The van der Waals surface area contributed by atoms with E-state index in [1.807, 2.05) is 13.8 Å². The second-order valence-electron chi connectivity index (χ2n) is 5.22. The van der Waals surface area contributed by atoms with E-state index in [9.17, 15) is 9.59 Å². The van der Waals surface area contributed by atoms with Gasteiger partial charge in [0.15, 0.2) is 0 Å². The molecule has 0 saturated heterocycles. The summed E-state index contributed by atoms with van der Waals surface area (Å²) in [4.78, 5) is 23.9. The van der Waals surface area contributed by atoms with Crippen molar-refractivity contribution in [2.24, 2.45) is 5.73 Å². The van der Waals surface area contributed by atoms with Gasteiger partial charge in [0.05, 0.1) is 11.3 Å². The van der Waals surface area contributed by atoms with Gasteiger partial charge in [-0.05, 0) is 38.3 Å². The third kappa shape index (κ3) is 6.40. The lowest BCUT2D eigenvalue weighted by molar-refractivity contribution is -0.116. The Labute approximate surface area is 126 Å². The normalized spacial score (nSPS) is 11.8. The van der Waals surface area contributed by atoms with Crippen LogP contribution >= 0.6 is 0 Å². The summed E-state index contributed by atoms with van der Waals surface area (Å²) in [6.45, 7) is 4.53. The first kappa shape index (κ1) is 17.2. The highest BCUT2D eigenvalue weighted by molar-refractivity contribution is 6.03. The van der Waals surface area contributed by atoms with Crippen molar-refractivity contribution in [1.82, 2.24) is 5.32 Å². The highest BCUT2D eigenvalue weighted by Crippen LogP contribution is 2.15. The Morgan fingerprint density at radius 1 is 1.29 bits per heavy atom. The molecule has 4 N–H and O–H groups in total. The maximum atomic E-state index is 12.0. The minimum Gasteiger partial charge on any atom is -0.352 e. The molecule has 0 aliphatic rings. The van der Waals surface area contributed by atoms with Gasteiger partial charge in [0.1, 0.15) is 0 Å². The number of amides is 2. The third-order valence-corrected chi connectivity index (χ3v) is 3.04. The molecule has 0 radical (unpaired) electrons. The second kappa shape index (κ2) is 9.13. The van der Waals surface area contributed by atoms with Crippen molar-refractivity contribution in [3.63, 3.8) is 0 Å². The van der Waals surface area contributed by atoms with Crippen molar-refractivity contribution < 1.29 is 9.59 Å². The van der Waals surface area contributed by atoms with Crippen molar-refractivity contribution >= 4 is 17.5 Å². The van der Waals surface area contributed by atoms with Gasteiger partial charge in [-0.25, -0.2) is 0 Å². The summed E-state index contributed by atoms with van der Waals surface area (Å²) in [6.07, 6.45) is 2.84. The average Bonchev–Trinajstić information content (AvgIpc) is 2.45. The SMILES string of the molecule is CCCNC(=O)c1ccccc1NC(=O)CCCC(C)N. The molecule has 0 spiro atoms. The molecule has 1 atom stereocenters. The number of benzene rings is 1. The van der Waals surface area contributed by atoms with Crippen LogP contribution in [-0.2, 0) is 4.79 Å². The molecule has 0 bridgehead atoms. The number of nitrogens with one attached hydrogen (secondary N) is 2. The van der Waals surface area contributed by atoms with Gasteiger partial charge >= 0.3 is 0 Å². The summed E-state index contributed by atoms with van der Waals surface area (Å²) in [7, 11) is 0. The molecule has 5 nitrogen and oxygen atoms in total. The van der Waals surface area contributed by atoms with E-state index < -0.39 is 0 Å². The number of carbonyl (C=O) groups is 2. The van der Waals surface area contributed by atoms with E-state index in [1.54, 1.807) is 24.3 Å². The van der Waals surface area contributed by atoms with Crippen LogP contribution in [0.1, 0.15) is 49.9 Å². The predicted octanol–water partition coefficient (Wildman–Crippen LogP) is 2.28. The molecule has 116 valence electrons. The maximum Gasteiger partial charge on any atom is 0.253 e. The molecule has 5 heteroatoms. The van der Waals surface area contributed by atoms with Gasteiger partial charge in [0.2, 0.25) is 5.91 Å². The molecule has 1 rings (SSSR count). The minimum absolute atomic E-state index is 0.0913. The van der Waals surface area contributed by atoms with Gasteiger partial charge in [-0.3, -0.25) is 9.59 Å². The Bertz CT molecular complexity index is 472. The average molecular weight is 291 g/mol. The summed E-state index contributed by atoms with van der Waals surface area (Å²) in [5, 5.41) is 5.61. The van der Waals surface area contributed by atoms with Crippen LogP contribution in [0, 0.1) is 0 Å². The van der Waals surface area contributed by atoms with Crippen LogP contribution in [0.25, 0.3) is 0 Å². The summed E-state index contributed by atoms with van der Waals surface area (Å²) < 4.78 is 0. The number of carbonyl (C=O) groups excluding carboxylic acids is 2. The fourth-order valence-corrected chi connectivity index (χ4v) is 1.92. The summed E-state index contributed by atoms with van der Waals surface area (Å²) in [6, 6.07) is 7.14. The lowest BCUT2D eigenvalue weighted by Crippen LogP contribution is -2.25. The van der Waals surface area contributed by atoms with Crippen LogP contribution in [0.5, 0.6) is 0 Å². The lowest BCUT2D eigenvalue weighted by Gasteiger charge is -2.11. The summed E-state index contributed by atoms with van der Waals surface area (Å²) in [5.74, 6) is -0.255. The number of rotatable bonds is 8. The fourth-order valence-electron chi connectivity index (χ4n) is 1.92. The predicted molar refractivity (Wildman–Crippen MR) is 85.2 cm³/mol. The van der Waals surface area contributed by atoms with Gasteiger partial charge in [-0.15, -0.1) is 0 Å². The quantitative estimate of drug-likeness (QED) is 0.687. The fraction of sp³-hybridized carbons (Fsp3) is 0.500. The maximum absolute atomic E-state index is 12.0. The Kier molecular flexibility index (Phi) is 7.46. The van der Waals surface area contributed by atoms with Crippen LogP contribution in [0.15, 0.2) is 24.3 Å². The summed E-state index contributed by atoms with van der Waals surface area (Å²) >= 11 is 0. The van der Waals surface area contributed by atoms with Gasteiger partial charge in [0, 0.05) is 19.0 Å². The molecule has 2 amide bonds. The molecule has 1 unspecified atom stereocenters. The zero-order valence-corrected chi connectivity index (χ0v) is 12.8. The highest BCUT2D eigenvalue weighted by atomic mass is 16.2. The molecular formula is C16H25N3O2. The summed E-state index contributed by atoms with van der Waals surface area (Å²) in [5.41, 5.74) is 6.70. The van der Waals surface area contributed by atoms with E-state index >= 15 is 0 Å². The Balaban J connectivity index is 2.62. The van der Waals surface area contributed by atoms with Crippen molar-refractivity contribution in [3.05, 3.63) is 29.8 Å². The van der Waals surface area contributed by atoms with Crippen LogP contribution in [0.3, 0.4) is 0 Å². The molecule has 1 aromatic rings. The zero-order valence-electron chi connectivity index (χ0n) is 12.8. The molecule has 1 aromatic carbocycles. The Morgan fingerprint density at radius 3 is 2.67 bits per heavy atom. The van der Waals surface area contributed by atoms with Gasteiger partial charge < -0.3 is 16.4 Å². The molecule has 0 fully saturated rings. The van der Waals surface area contributed by atoms with Gasteiger partial charge in [-0.2, -0.15) is 0 Å². The van der Waals surface area contributed by atoms with Crippen LogP contribution < -0.4 is 16.4 Å². The highest BCUT2D eigenvalue weighted by Gasteiger charge is 2.12. The molecular weight excluding hydrogens is 266 g/mol.